The van der Waals surface area contributed by atoms with Crippen LogP contribution in [0.15, 0.2) is 24.3 Å². The number of para-hydroxylation sites is 1. The molecule has 0 N–H and O–H groups in total. The van der Waals surface area contributed by atoms with Crippen molar-refractivity contribution in [3.8, 4) is 0 Å². The molecule has 1 aromatic carbocycles. The van der Waals surface area contributed by atoms with Crippen LogP contribution in [0.25, 0.3) is 0 Å². The van der Waals surface area contributed by atoms with Gasteiger partial charge in [0.25, 0.3) is 0 Å². The van der Waals surface area contributed by atoms with Crippen molar-refractivity contribution in [3.05, 3.63) is 29.8 Å². The van der Waals surface area contributed by atoms with Gasteiger partial charge in [0.2, 0.25) is 0 Å². The first-order valence-corrected chi connectivity index (χ1v) is 6.72. The Morgan fingerprint density at radius 2 is 2.16 bits per heavy atom. The Bertz CT molecular complexity index is 460. The number of ether oxygens (including phenoxy) is 2. The summed E-state index contributed by atoms with van der Waals surface area (Å²) in [6.45, 7) is 4.33. The second-order valence-electron chi connectivity index (χ2n) is 4.96. The Labute approximate surface area is 114 Å². The largest absolute Gasteiger partial charge is 0.449 e. The van der Waals surface area contributed by atoms with Crippen molar-refractivity contribution in [2.45, 2.75) is 38.8 Å². The van der Waals surface area contributed by atoms with Crippen LogP contribution >= 0.6 is 0 Å². The van der Waals surface area contributed by atoms with Crippen LogP contribution in [0.4, 0.5) is 10.5 Å². The van der Waals surface area contributed by atoms with Crippen LogP contribution in [0.1, 0.15) is 32.3 Å². The average Bonchev–Trinajstić information content (AvgIpc) is 2.44. The van der Waals surface area contributed by atoms with Crippen LogP contribution in [-0.4, -0.2) is 25.5 Å². The number of amides is 1. The average molecular weight is 263 g/mol. The summed E-state index contributed by atoms with van der Waals surface area (Å²) in [6, 6.07) is 7.91. The van der Waals surface area contributed by atoms with Crippen LogP contribution in [0.5, 0.6) is 0 Å². The van der Waals surface area contributed by atoms with Gasteiger partial charge in [0.05, 0.1) is 12.3 Å². The van der Waals surface area contributed by atoms with Crippen LogP contribution in [0, 0.1) is 0 Å². The molecule has 4 heteroatoms. The Kier molecular flexibility index (Phi) is 4.10. The van der Waals surface area contributed by atoms with Crippen molar-refractivity contribution in [2.75, 3.05) is 18.6 Å². The zero-order valence-corrected chi connectivity index (χ0v) is 11.8. The van der Waals surface area contributed by atoms with Crippen molar-refractivity contribution >= 4 is 11.8 Å². The van der Waals surface area contributed by atoms with E-state index in [1.54, 1.807) is 12.0 Å². The molecule has 1 aromatic rings. The molecule has 0 saturated heterocycles. The first-order valence-electron chi connectivity index (χ1n) is 6.72. The van der Waals surface area contributed by atoms with E-state index in [2.05, 4.69) is 0 Å². The molecule has 0 saturated carbocycles. The lowest BCUT2D eigenvalue weighted by Gasteiger charge is -2.43. The summed E-state index contributed by atoms with van der Waals surface area (Å²) >= 11 is 0. The van der Waals surface area contributed by atoms with Crippen LogP contribution in [0.3, 0.4) is 0 Å². The molecule has 0 radical (unpaired) electrons. The molecule has 1 aliphatic rings. The molecule has 0 aliphatic carbocycles. The van der Waals surface area contributed by atoms with E-state index >= 15 is 0 Å². The fraction of sp³-hybridized carbons (Fsp3) is 0.533. The third-order valence-corrected chi connectivity index (χ3v) is 3.62. The molecular formula is C15H21NO3. The maximum atomic E-state index is 12.3. The molecule has 4 nitrogen and oxygen atoms in total. The summed E-state index contributed by atoms with van der Waals surface area (Å²) in [5.41, 5.74) is 1.41. The summed E-state index contributed by atoms with van der Waals surface area (Å²) in [6.07, 6.45) is 2.14. The van der Waals surface area contributed by atoms with Crippen molar-refractivity contribution < 1.29 is 14.3 Å². The topological polar surface area (TPSA) is 38.8 Å². The zero-order chi connectivity index (χ0) is 13.9. The lowest BCUT2D eigenvalue weighted by atomic mass is 9.94. The lowest BCUT2D eigenvalue weighted by molar-refractivity contribution is -0.00787. The first kappa shape index (κ1) is 13.9. The number of aryl methyl sites for hydroxylation is 1. The third-order valence-electron chi connectivity index (χ3n) is 3.62. The number of hydrogen-bond donors (Lipinski definition) is 0. The molecule has 1 unspecified atom stereocenters. The normalized spacial score (nSPS) is 21.9. The summed E-state index contributed by atoms with van der Waals surface area (Å²) in [5, 5.41) is 0. The number of anilines is 1. The fourth-order valence-corrected chi connectivity index (χ4v) is 2.41. The van der Waals surface area contributed by atoms with Crippen molar-refractivity contribution in [3.63, 3.8) is 0 Å². The van der Waals surface area contributed by atoms with E-state index in [-0.39, 0.29) is 6.09 Å². The molecule has 1 aliphatic heterocycles. The zero-order valence-electron chi connectivity index (χ0n) is 11.8. The maximum Gasteiger partial charge on any atom is 0.416 e. The van der Waals surface area contributed by atoms with Gasteiger partial charge in [-0.25, -0.2) is 9.69 Å². The lowest BCUT2D eigenvalue weighted by Crippen LogP contribution is -2.54. The molecule has 2 rings (SSSR count). The van der Waals surface area contributed by atoms with E-state index < -0.39 is 5.72 Å². The third kappa shape index (κ3) is 2.59. The first-order chi connectivity index (χ1) is 9.12. The van der Waals surface area contributed by atoms with Crippen LogP contribution < -0.4 is 4.90 Å². The van der Waals surface area contributed by atoms with Gasteiger partial charge in [0.1, 0.15) is 5.72 Å². The Balaban J connectivity index is 2.36. The van der Waals surface area contributed by atoms with Crippen molar-refractivity contribution in [2.24, 2.45) is 0 Å². The van der Waals surface area contributed by atoms with Crippen molar-refractivity contribution in [1.29, 1.82) is 0 Å². The molecule has 19 heavy (non-hydrogen) atoms. The van der Waals surface area contributed by atoms with Gasteiger partial charge in [-0.2, -0.15) is 0 Å². The van der Waals surface area contributed by atoms with Gasteiger partial charge in [0.15, 0.2) is 0 Å². The number of rotatable bonds is 3. The highest BCUT2D eigenvalue weighted by Gasteiger charge is 2.41. The van der Waals surface area contributed by atoms with Gasteiger partial charge >= 0.3 is 6.09 Å². The predicted molar refractivity (Wildman–Crippen MR) is 74.3 cm³/mol. The summed E-state index contributed by atoms with van der Waals surface area (Å²) in [4.78, 5) is 14.0. The molecule has 1 amide bonds. The SMILES string of the molecule is CCCOC(=O)N1c2ccccc2CCC1(C)OC. The van der Waals surface area contributed by atoms with E-state index in [0.29, 0.717) is 6.61 Å². The number of nitrogens with zero attached hydrogens (tertiary/aromatic N) is 1. The molecule has 0 spiro atoms. The van der Waals surface area contributed by atoms with E-state index in [4.69, 9.17) is 9.47 Å². The van der Waals surface area contributed by atoms with Gasteiger partial charge in [-0.1, -0.05) is 25.1 Å². The Morgan fingerprint density at radius 3 is 2.84 bits per heavy atom. The van der Waals surface area contributed by atoms with E-state index in [0.717, 1.165) is 30.5 Å². The highest BCUT2D eigenvalue weighted by molar-refractivity contribution is 5.90. The minimum Gasteiger partial charge on any atom is -0.449 e. The number of hydrogen-bond acceptors (Lipinski definition) is 3. The molecule has 0 aromatic heterocycles. The molecular weight excluding hydrogens is 242 g/mol. The quantitative estimate of drug-likeness (QED) is 0.839. The highest BCUT2D eigenvalue weighted by Crippen LogP contribution is 2.37. The highest BCUT2D eigenvalue weighted by atomic mass is 16.6. The second-order valence-corrected chi connectivity index (χ2v) is 4.96. The number of fused-ring (bicyclic) bond motifs is 1. The van der Waals surface area contributed by atoms with E-state index in [1.165, 1.54) is 0 Å². The smallest absolute Gasteiger partial charge is 0.416 e. The Morgan fingerprint density at radius 1 is 1.42 bits per heavy atom. The molecule has 1 atom stereocenters. The van der Waals surface area contributed by atoms with Gasteiger partial charge in [-0.3, -0.25) is 0 Å². The number of benzene rings is 1. The van der Waals surface area contributed by atoms with Gasteiger partial charge in [-0.05, 0) is 37.8 Å². The van der Waals surface area contributed by atoms with E-state index in [9.17, 15) is 4.79 Å². The minimum absolute atomic E-state index is 0.335. The molecule has 0 bridgehead atoms. The summed E-state index contributed by atoms with van der Waals surface area (Å²) in [7, 11) is 1.63. The predicted octanol–water partition coefficient (Wildman–Crippen LogP) is 3.35. The van der Waals surface area contributed by atoms with Gasteiger partial charge in [-0.15, -0.1) is 0 Å². The van der Waals surface area contributed by atoms with Gasteiger partial charge in [0, 0.05) is 7.11 Å². The minimum atomic E-state index is -0.640. The van der Waals surface area contributed by atoms with Crippen molar-refractivity contribution in [1.82, 2.24) is 0 Å². The molecule has 104 valence electrons. The monoisotopic (exact) mass is 263 g/mol. The number of methoxy groups -OCH3 is 1. The fourth-order valence-electron chi connectivity index (χ4n) is 2.41. The maximum absolute atomic E-state index is 12.3. The van der Waals surface area contributed by atoms with E-state index in [1.807, 2.05) is 38.1 Å². The summed E-state index contributed by atoms with van der Waals surface area (Å²) < 4.78 is 10.9. The number of carbonyl (C=O) groups excluding carboxylic acids is 1. The van der Waals surface area contributed by atoms with Crippen LogP contribution in [0.2, 0.25) is 0 Å². The Hall–Kier alpha value is -1.55. The van der Waals surface area contributed by atoms with Gasteiger partial charge < -0.3 is 9.47 Å². The van der Waals surface area contributed by atoms with Crippen LogP contribution in [-0.2, 0) is 15.9 Å². The number of carbonyl (C=O) groups is 1. The second kappa shape index (κ2) is 5.61. The molecule has 0 fully saturated rings. The molecule has 1 heterocycles. The summed E-state index contributed by atoms with van der Waals surface area (Å²) in [5.74, 6) is 0. The standard InChI is InChI=1S/C15H21NO3/c1-4-11-19-14(17)16-13-8-6-5-7-12(13)9-10-15(16,2)18-3/h5-8H,4,9-11H2,1-3H3.